The summed E-state index contributed by atoms with van der Waals surface area (Å²) >= 11 is 8.05. The Hall–Kier alpha value is -1.53. The number of aromatic hydroxyl groups is 1. The standard InChI is InChI=1S/C32H29I4NO14S/c1-12(39)37-23-26(42)25(41)19(11-38)49-31(23)48-18-6-4-5-13-20(18)30(43)51-32(13)14-9-16(33)24(40)21(35)27(14)50-28-15(32)10-17(34)29(22(28)36)47-7-2-3-8-52(44,45)46/h4-6,9-10,19,23,25-26,31,38,40-42H,2-3,7-8,11H2,1H3,(H,37,39)(H,44,45,46)/t19-,23-,25-,26-,31-,32?/m1/s1. The monoisotopic (exact) mass is 1190 g/mol. The zero-order chi connectivity index (χ0) is 37.9. The fourth-order valence-corrected chi connectivity index (χ4v) is 10.8. The van der Waals surface area contributed by atoms with Crippen molar-refractivity contribution in [2.24, 2.45) is 0 Å². The van der Waals surface area contributed by atoms with Crippen LogP contribution in [0.15, 0.2) is 30.3 Å². The molecule has 1 amide bonds. The number of phenolic OH excluding ortho intramolecular Hbond substituents is 1. The Morgan fingerprint density at radius 1 is 1.00 bits per heavy atom. The van der Waals surface area contributed by atoms with Crippen molar-refractivity contribution in [3.63, 3.8) is 0 Å². The lowest BCUT2D eigenvalue weighted by Crippen LogP contribution is -2.65. The van der Waals surface area contributed by atoms with Gasteiger partial charge in [-0.15, -0.1) is 0 Å². The Labute approximate surface area is 351 Å². The smallest absolute Gasteiger partial charge is 0.343 e. The molecule has 0 aliphatic carbocycles. The van der Waals surface area contributed by atoms with Gasteiger partial charge in [0.1, 0.15) is 47.2 Å². The second kappa shape index (κ2) is 15.5. The van der Waals surface area contributed by atoms with E-state index in [1.807, 2.05) is 67.8 Å². The zero-order valence-corrected chi connectivity index (χ0v) is 36.1. The lowest BCUT2D eigenvalue weighted by Gasteiger charge is -2.42. The summed E-state index contributed by atoms with van der Waals surface area (Å²) in [5.41, 5.74) is -0.475. The average molecular weight is 1190 g/mol. The van der Waals surface area contributed by atoms with Crippen LogP contribution in [0.3, 0.4) is 0 Å². The number of rotatable bonds is 10. The van der Waals surface area contributed by atoms with Crippen molar-refractivity contribution in [1.29, 1.82) is 0 Å². The van der Waals surface area contributed by atoms with Gasteiger partial charge >= 0.3 is 5.97 Å². The molecule has 52 heavy (non-hydrogen) atoms. The molecule has 15 nitrogen and oxygen atoms in total. The molecule has 0 saturated carbocycles. The van der Waals surface area contributed by atoms with Crippen molar-refractivity contribution in [2.75, 3.05) is 19.0 Å². The van der Waals surface area contributed by atoms with E-state index in [0.717, 1.165) is 0 Å². The predicted molar refractivity (Wildman–Crippen MR) is 214 cm³/mol. The topological polar surface area (TPSA) is 228 Å². The highest BCUT2D eigenvalue weighted by Gasteiger charge is 2.57. The van der Waals surface area contributed by atoms with Crippen molar-refractivity contribution in [3.8, 4) is 28.7 Å². The molecule has 3 heterocycles. The SMILES string of the molecule is CC(=O)N[C@H]1[C@H](Oc2cccc3c2C(=O)OC32c3cc(I)c(O)c(I)c3Oc3c2cc(I)c(OCCCCS(=O)(=O)O)c3I)O[C@H](CO)[C@@H](O)[C@@H]1O. The molecule has 3 aromatic rings. The predicted octanol–water partition coefficient (Wildman–Crippen LogP) is 3.75. The number of amides is 1. The maximum atomic E-state index is 14.1. The maximum Gasteiger partial charge on any atom is 0.343 e. The van der Waals surface area contributed by atoms with Crippen LogP contribution in [0.25, 0.3) is 0 Å². The summed E-state index contributed by atoms with van der Waals surface area (Å²) in [6.07, 6.45) is -5.36. The van der Waals surface area contributed by atoms with E-state index in [9.17, 15) is 38.4 Å². The summed E-state index contributed by atoms with van der Waals surface area (Å²) in [6, 6.07) is 6.90. The Bertz CT molecular complexity index is 2070. The molecular weight excluding hydrogens is 1160 g/mol. The first-order chi connectivity index (χ1) is 24.5. The van der Waals surface area contributed by atoms with Crippen LogP contribution in [0.5, 0.6) is 28.7 Å². The zero-order valence-electron chi connectivity index (χ0n) is 26.6. The van der Waals surface area contributed by atoms with Crippen LogP contribution < -0.4 is 19.5 Å². The highest BCUT2D eigenvalue weighted by Crippen LogP contribution is 2.61. The van der Waals surface area contributed by atoms with Gasteiger partial charge in [0.05, 0.1) is 44.4 Å². The molecule has 0 bridgehead atoms. The van der Waals surface area contributed by atoms with Gasteiger partial charge in [-0.25, -0.2) is 4.79 Å². The number of benzene rings is 3. The number of halogens is 4. The summed E-state index contributed by atoms with van der Waals surface area (Å²) in [7, 11) is -4.11. The number of hydrogen-bond acceptors (Lipinski definition) is 13. The van der Waals surface area contributed by atoms with Gasteiger partial charge in [-0.05, 0) is 121 Å². The van der Waals surface area contributed by atoms with Gasteiger partial charge in [-0.2, -0.15) is 8.42 Å². The van der Waals surface area contributed by atoms with E-state index in [1.165, 1.54) is 13.0 Å². The van der Waals surface area contributed by atoms with Gasteiger partial charge in [0.2, 0.25) is 12.2 Å². The molecule has 3 aliphatic heterocycles. The van der Waals surface area contributed by atoms with E-state index in [4.69, 9.17) is 28.2 Å². The quantitative estimate of drug-likeness (QED) is 0.0737. The molecule has 6 rings (SSSR count). The second-order valence-corrected chi connectivity index (χ2v) is 18.1. The van der Waals surface area contributed by atoms with E-state index in [0.29, 0.717) is 43.1 Å². The highest BCUT2D eigenvalue weighted by molar-refractivity contribution is 14.1. The molecule has 1 spiro atoms. The molecule has 3 aliphatic rings. The first-order valence-electron chi connectivity index (χ1n) is 15.4. The van der Waals surface area contributed by atoms with Crippen LogP contribution in [0, 0.1) is 14.3 Å². The van der Waals surface area contributed by atoms with Gasteiger partial charge in [0.25, 0.3) is 10.1 Å². The first-order valence-corrected chi connectivity index (χ1v) is 21.3. The Kier molecular flexibility index (Phi) is 12.0. The van der Waals surface area contributed by atoms with Crippen molar-refractivity contribution < 1.29 is 66.7 Å². The third kappa shape index (κ3) is 7.28. The minimum absolute atomic E-state index is 0.00472. The fraction of sp³-hybridized carbons (Fsp3) is 0.375. The summed E-state index contributed by atoms with van der Waals surface area (Å²) in [4.78, 5) is 26.2. The normalized spacial score (nSPS) is 24.7. The Balaban J connectivity index is 1.48. The van der Waals surface area contributed by atoms with Gasteiger partial charge in [0, 0.05) is 12.5 Å². The van der Waals surface area contributed by atoms with Crippen LogP contribution in [0.2, 0.25) is 0 Å². The lowest BCUT2D eigenvalue weighted by atomic mass is 9.77. The summed E-state index contributed by atoms with van der Waals surface area (Å²) in [6.45, 7) is 0.663. The molecule has 6 atom stereocenters. The maximum absolute atomic E-state index is 14.1. The number of aliphatic hydroxyl groups excluding tert-OH is 3. The van der Waals surface area contributed by atoms with Gasteiger partial charge in [-0.1, -0.05) is 12.1 Å². The number of phenols is 1. The number of esters is 1. The van der Waals surface area contributed by atoms with Crippen LogP contribution >= 0.6 is 90.4 Å². The molecule has 280 valence electrons. The molecule has 20 heteroatoms. The average Bonchev–Trinajstić information content (AvgIpc) is 3.38. The van der Waals surface area contributed by atoms with Gasteiger partial charge in [-0.3, -0.25) is 9.35 Å². The number of ether oxygens (including phenoxy) is 5. The van der Waals surface area contributed by atoms with E-state index in [-0.39, 0.29) is 41.6 Å². The molecule has 1 fully saturated rings. The molecule has 0 radical (unpaired) electrons. The lowest BCUT2D eigenvalue weighted by molar-refractivity contribution is -0.244. The minimum Gasteiger partial charge on any atom is -0.506 e. The first kappa shape index (κ1) is 40.1. The second-order valence-electron chi connectivity index (χ2n) is 12.0. The summed E-state index contributed by atoms with van der Waals surface area (Å²) < 4.78 is 64.2. The van der Waals surface area contributed by atoms with Crippen molar-refractivity contribution in [1.82, 2.24) is 5.32 Å². The highest BCUT2D eigenvalue weighted by atomic mass is 127. The molecule has 1 saturated heterocycles. The number of unbranched alkanes of at least 4 members (excludes halogenated alkanes) is 1. The van der Waals surface area contributed by atoms with E-state index >= 15 is 0 Å². The largest absolute Gasteiger partial charge is 0.506 e. The molecule has 0 aromatic heterocycles. The molecular formula is C32H29I4NO14S. The molecule has 6 N–H and O–H groups in total. The minimum atomic E-state index is -4.11. The number of hydrogen-bond donors (Lipinski definition) is 6. The van der Waals surface area contributed by atoms with E-state index in [2.05, 4.69) is 27.9 Å². The van der Waals surface area contributed by atoms with Crippen molar-refractivity contribution in [2.45, 2.75) is 56.0 Å². The molecule has 1 unspecified atom stereocenters. The number of aliphatic hydroxyl groups is 3. The Morgan fingerprint density at radius 3 is 2.33 bits per heavy atom. The number of carbonyl (C=O) groups is 2. The van der Waals surface area contributed by atoms with E-state index in [1.54, 1.807) is 24.3 Å². The summed E-state index contributed by atoms with van der Waals surface area (Å²) in [5.74, 6) is -0.912. The number of fused-ring (bicyclic) bond motifs is 6. The number of carbonyl (C=O) groups excluding carboxylic acids is 2. The third-order valence-corrected chi connectivity index (χ3v) is 13.0. The van der Waals surface area contributed by atoms with Crippen LogP contribution in [-0.2, 0) is 30.0 Å². The van der Waals surface area contributed by atoms with Gasteiger partial charge < -0.3 is 49.4 Å². The summed E-state index contributed by atoms with van der Waals surface area (Å²) in [5, 5.41) is 44.6. The van der Waals surface area contributed by atoms with E-state index < -0.39 is 70.6 Å². The van der Waals surface area contributed by atoms with Crippen LogP contribution in [0.1, 0.15) is 46.8 Å². The van der Waals surface area contributed by atoms with Crippen molar-refractivity contribution >= 4 is 112 Å². The fourth-order valence-electron chi connectivity index (χ4n) is 6.31. The Morgan fingerprint density at radius 2 is 1.67 bits per heavy atom. The third-order valence-electron chi connectivity index (χ3n) is 8.64. The van der Waals surface area contributed by atoms with Crippen molar-refractivity contribution in [3.05, 3.63) is 66.9 Å². The van der Waals surface area contributed by atoms with Crippen LogP contribution in [-0.4, -0.2) is 94.9 Å². The number of nitrogens with one attached hydrogen (secondary N) is 1. The molecule has 3 aromatic carbocycles. The van der Waals surface area contributed by atoms with Gasteiger partial charge in [0.15, 0.2) is 17.1 Å². The van der Waals surface area contributed by atoms with Crippen LogP contribution in [0.4, 0.5) is 0 Å².